The number of aryl methyl sites for hydroxylation is 2. The molecular formula is C30H28N2O4S. The van der Waals surface area contributed by atoms with E-state index in [1.807, 2.05) is 98.9 Å². The molecule has 6 nitrogen and oxygen atoms in total. The van der Waals surface area contributed by atoms with Crippen molar-refractivity contribution < 1.29 is 19.1 Å². The second-order valence-corrected chi connectivity index (χ2v) is 9.90. The molecule has 3 aromatic carbocycles. The number of imide groups is 1. The Bertz CT molecular complexity index is 1480. The number of amides is 2. The van der Waals surface area contributed by atoms with E-state index in [9.17, 15) is 9.59 Å². The third-order valence-electron chi connectivity index (χ3n) is 6.24. The third-order valence-corrected chi connectivity index (χ3v) is 7.15. The molecule has 1 aromatic heterocycles. The second-order valence-electron chi connectivity index (χ2n) is 8.91. The Morgan fingerprint density at radius 2 is 1.62 bits per heavy atom. The Kier molecular flexibility index (Phi) is 7.32. The van der Waals surface area contributed by atoms with Crippen molar-refractivity contribution in [1.29, 1.82) is 0 Å². The molecule has 0 atom stereocenters. The van der Waals surface area contributed by atoms with Crippen LogP contribution in [0.3, 0.4) is 0 Å². The molecule has 1 saturated heterocycles. The minimum atomic E-state index is -0.288. The Morgan fingerprint density at radius 1 is 0.865 bits per heavy atom. The lowest BCUT2D eigenvalue weighted by atomic mass is 10.1. The maximum Gasteiger partial charge on any atom is 0.293 e. The van der Waals surface area contributed by atoms with Crippen molar-refractivity contribution in [1.82, 2.24) is 9.47 Å². The normalized spacial score (nSPS) is 14.6. The van der Waals surface area contributed by atoms with E-state index in [4.69, 9.17) is 9.47 Å². The summed E-state index contributed by atoms with van der Waals surface area (Å²) in [5.74, 6) is 1.31. The maximum atomic E-state index is 13.1. The van der Waals surface area contributed by atoms with Gasteiger partial charge < -0.3 is 14.0 Å². The van der Waals surface area contributed by atoms with Crippen LogP contribution in [0.25, 0.3) is 17.0 Å². The molecule has 4 aromatic rings. The summed E-state index contributed by atoms with van der Waals surface area (Å²) >= 11 is 0.970. The number of nitrogens with zero attached hydrogens (tertiary/aromatic N) is 2. The fraction of sp³-hybridized carbons (Fsp3) is 0.200. The van der Waals surface area contributed by atoms with Gasteiger partial charge in [0, 0.05) is 22.7 Å². The van der Waals surface area contributed by atoms with Crippen molar-refractivity contribution in [2.45, 2.75) is 20.4 Å². The molecule has 0 N–H and O–H groups in total. The second kappa shape index (κ2) is 11.0. The smallest absolute Gasteiger partial charge is 0.293 e. The highest BCUT2D eigenvalue weighted by Crippen LogP contribution is 2.34. The summed E-state index contributed by atoms with van der Waals surface area (Å²) in [6.07, 6.45) is 3.82. The molecule has 37 heavy (non-hydrogen) atoms. The molecule has 1 aliphatic rings. The molecule has 188 valence electrons. The van der Waals surface area contributed by atoms with Crippen LogP contribution in [0.4, 0.5) is 4.79 Å². The maximum absolute atomic E-state index is 13.1. The lowest BCUT2D eigenvalue weighted by molar-refractivity contribution is -0.123. The van der Waals surface area contributed by atoms with Crippen LogP contribution in [0, 0.1) is 13.8 Å². The molecule has 0 saturated carbocycles. The van der Waals surface area contributed by atoms with Crippen LogP contribution >= 0.6 is 11.8 Å². The third kappa shape index (κ3) is 5.57. The van der Waals surface area contributed by atoms with E-state index < -0.39 is 0 Å². The first-order chi connectivity index (χ1) is 18.0. The summed E-state index contributed by atoms with van der Waals surface area (Å²) < 4.78 is 13.9. The molecule has 2 heterocycles. The van der Waals surface area contributed by atoms with Crippen molar-refractivity contribution in [2.75, 3.05) is 19.8 Å². The number of rotatable bonds is 9. The molecule has 1 fully saturated rings. The molecule has 7 heteroatoms. The van der Waals surface area contributed by atoms with Crippen LogP contribution < -0.4 is 9.47 Å². The molecule has 1 aliphatic heterocycles. The molecular weight excluding hydrogens is 484 g/mol. The molecule has 0 bridgehead atoms. The topological polar surface area (TPSA) is 60.8 Å². The van der Waals surface area contributed by atoms with E-state index in [0.717, 1.165) is 50.9 Å². The summed E-state index contributed by atoms with van der Waals surface area (Å²) in [6.45, 7) is 5.59. The van der Waals surface area contributed by atoms with Gasteiger partial charge in [0.25, 0.3) is 11.1 Å². The van der Waals surface area contributed by atoms with Crippen LogP contribution in [0.5, 0.6) is 11.5 Å². The van der Waals surface area contributed by atoms with Crippen LogP contribution in [-0.4, -0.2) is 40.4 Å². The quantitative estimate of drug-likeness (QED) is 0.241. The fourth-order valence-corrected chi connectivity index (χ4v) is 5.15. The zero-order valence-corrected chi connectivity index (χ0v) is 21.7. The zero-order valence-electron chi connectivity index (χ0n) is 20.8. The van der Waals surface area contributed by atoms with Gasteiger partial charge in [0.2, 0.25) is 0 Å². The summed E-state index contributed by atoms with van der Waals surface area (Å²) in [4.78, 5) is 27.4. The van der Waals surface area contributed by atoms with Crippen LogP contribution in [0.1, 0.15) is 16.7 Å². The zero-order chi connectivity index (χ0) is 25.8. The molecule has 5 rings (SSSR count). The summed E-state index contributed by atoms with van der Waals surface area (Å²) in [5.41, 5.74) is 4.06. The molecule has 0 unspecified atom stereocenters. The van der Waals surface area contributed by atoms with Crippen LogP contribution in [-0.2, 0) is 11.3 Å². The average molecular weight is 513 g/mol. The predicted octanol–water partition coefficient (Wildman–Crippen LogP) is 6.45. The molecule has 0 radical (unpaired) electrons. The number of carbonyl (C=O) groups is 2. The first kappa shape index (κ1) is 24.7. The number of aromatic nitrogens is 1. The summed E-state index contributed by atoms with van der Waals surface area (Å²) in [6, 6.07) is 23.7. The molecule has 0 aliphatic carbocycles. The number of benzene rings is 3. The van der Waals surface area contributed by atoms with Gasteiger partial charge in [0.15, 0.2) is 0 Å². The van der Waals surface area contributed by atoms with Gasteiger partial charge in [0.1, 0.15) is 24.7 Å². The summed E-state index contributed by atoms with van der Waals surface area (Å²) in [5, 5.41) is 0.744. The van der Waals surface area contributed by atoms with Crippen molar-refractivity contribution in [3.8, 4) is 11.5 Å². The fourth-order valence-electron chi connectivity index (χ4n) is 4.30. The van der Waals surface area contributed by atoms with Gasteiger partial charge >= 0.3 is 0 Å². The standard InChI is InChI=1S/C30H28N2O4S/c1-21-12-13-22(2)27(18-21)36-17-15-32-29(33)28(37-30(32)34)19-23-20-31(26-11-7-6-10-25(23)26)14-16-35-24-8-4-3-5-9-24/h3-13,18-20H,14-17H2,1-2H3/b28-19-. The lowest BCUT2D eigenvalue weighted by Crippen LogP contribution is -2.32. The molecule has 2 amide bonds. The Labute approximate surface area is 220 Å². The first-order valence-electron chi connectivity index (χ1n) is 12.2. The van der Waals surface area contributed by atoms with Gasteiger partial charge in [-0.3, -0.25) is 14.5 Å². The number of fused-ring (bicyclic) bond motifs is 1. The number of carbonyl (C=O) groups excluding carboxylic acids is 2. The number of hydrogen-bond donors (Lipinski definition) is 0. The highest BCUT2D eigenvalue weighted by atomic mass is 32.2. The minimum absolute atomic E-state index is 0.202. The van der Waals surface area contributed by atoms with E-state index in [2.05, 4.69) is 4.57 Å². The lowest BCUT2D eigenvalue weighted by Gasteiger charge is -2.14. The highest BCUT2D eigenvalue weighted by molar-refractivity contribution is 8.18. The van der Waals surface area contributed by atoms with E-state index in [1.54, 1.807) is 0 Å². The van der Waals surface area contributed by atoms with Crippen molar-refractivity contribution in [3.63, 3.8) is 0 Å². The Morgan fingerprint density at radius 3 is 2.46 bits per heavy atom. The number of ether oxygens (including phenoxy) is 2. The van der Waals surface area contributed by atoms with E-state index in [0.29, 0.717) is 18.1 Å². The summed E-state index contributed by atoms with van der Waals surface area (Å²) in [7, 11) is 0. The minimum Gasteiger partial charge on any atom is -0.492 e. The van der Waals surface area contributed by atoms with Gasteiger partial charge in [-0.05, 0) is 67.1 Å². The predicted molar refractivity (Wildman–Crippen MR) is 148 cm³/mol. The SMILES string of the molecule is Cc1ccc(C)c(OCCN2C(=O)S/C(=C\c3cn(CCOc4ccccc4)c4ccccc34)C2=O)c1. The van der Waals surface area contributed by atoms with Crippen molar-refractivity contribution in [3.05, 3.63) is 101 Å². The average Bonchev–Trinajstić information content (AvgIpc) is 3.38. The van der Waals surface area contributed by atoms with Crippen molar-refractivity contribution >= 4 is 39.9 Å². The number of hydrogen-bond acceptors (Lipinski definition) is 5. The highest BCUT2D eigenvalue weighted by Gasteiger charge is 2.35. The van der Waals surface area contributed by atoms with Gasteiger partial charge in [-0.2, -0.15) is 0 Å². The van der Waals surface area contributed by atoms with E-state index in [1.165, 1.54) is 4.90 Å². The van der Waals surface area contributed by atoms with Crippen molar-refractivity contribution in [2.24, 2.45) is 0 Å². The van der Waals surface area contributed by atoms with Crippen LogP contribution in [0.15, 0.2) is 83.9 Å². The number of para-hydroxylation sites is 2. The monoisotopic (exact) mass is 512 g/mol. The number of thioether (sulfide) groups is 1. The van der Waals surface area contributed by atoms with Crippen LogP contribution in [0.2, 0.25) is 0 Å². The van der Waals surface area contributed by atoms with Gasteiger partial charge in [-0.15, -0.1) is 0 Å². The Balaban J connectivity index is 1.28. The van der Waals surface area contributed by atoms with E-state index in [-0.39, 0.29) is 24.3 Å². The first-order valence-corrected chi connectivity index (χ1v) is 13.0. The largest absolute Gasteiger partial charge is 0.492 e. The van der Waals surface area contributed by atoms with Gasteiger partial charge in [-0.25, -0.2) is 0 Å². The van der Waals surface area contributed by atoms with E-state index >= 15 is 0 Å². The molecule has 0 spiro atoms. The van der Waals surface area contributed by atoms with Gasteiger partial charge in [-0.1, -0.05) is 48.5 Å². The Hall–Kier alpha value is -3.97. The van der Waals surface area contributed by atoms with Gasteiger partial charge in [0.05, 0.1) is 18.0 Å².